The third kappa shape index (κ3) is 2.74. The summed E-state index contributed by atoms with van der Waals surface area (Å²) in [5.74, 6) is 0.768. The Hall–Kier alpha value is -1.07. The van der Waals surface area contributed by atoms with Crippen molar-refractivity contribution in [1.82, 2.24) is 4.72 Å². The van der Waals surface area contributed by atoms with E-state index in [0.29, 0.717) is 4.90 Å². The normalized spacial score (nSPS) is 16.1. The molecule has 0 bridgehead atoms. The van der Waals surface area contributed by atoms with Crippen molar-refractivity contribution in [2.75, 3.05) is 18.9 Å². The maximum atomic E-state index is 11.6. The minimum atomic E-state index is -3.33. The third-order valence-corrected chi connectivity index (χ3v) is 4.12. The van der Waals surface area contributed by atoms with Gasteiger partial charge in [-0.2, -0.15) is 0 Å². The summed E-state index contributed by atoms with van der Waals surface area (Å²) in [6.45, 7) is 0.934. The standard InChI is InChI=1S/C11H16N2O2S/c1-12-16(14,15)11-4-2-3-10(7-11)13-8-9-5-6-9/h2-4,7,9,12-13H,5-6,8H2,1H3. The van der Waals surface area contributed by atoms with Crippen molar-refractivity contribution in [3.8, 4) is 0 Å². The fourth-order valence-corrected chi connectivity index (χ4v) is 2.25. The molecule has 1 aliphatic rings. The van der Waals surface area contributed by atoms with Gasteiger partial charge in [0.25, 0.3) is 0 Å². The first kappa shape index (κ1) is 11.4. The van der Waals surface area contributed by atoms with E-state index in [0.717, 1.165) is 18.2 Å². The van der Waals surface area contributed by atoms with E-state index in [1.54, 1.807) is 18.2 Å². The van der Waals surface area contributed by atoms with Crippen LogP contribution >= 0.6 is 0 Å². The van der Waals surface area contributed by atoms with Gasteiger partial charge in [-0.3, -0.25) is 0 Å². The number of hydrogen-bond acceptors (Lipinski definition) is 3. The predicted molar refractivity (Wildman–Crippen MR) is 63.9 cm³/mol. The third-order valence-electron chi connectivity index (χ3n) is 2.70. The molecule has 0 aliphatic heterocycles. The van der Waals surface area contributed by atoms with Gasteiger partial charge in [-0.15, -0.1) is 0 Å². The molecule has 1 aromatic carbocycles. The average molecular weight is 240 g/mol. The Labute approximate surface area is 96.1 Å². The monoisotopic (exact) mass is 240 g/mol. The maximum Gasteiger partial charge on any atom is 0.240 e. The van der Waals surface area contributed by atoms with Crippen LogP contribution in [0.3, 0.4) is 0 Å². The lowest BCUT2D eigenvalue weighted by atomic mass is 10.3. The number of hydrogen-bond donors (Lipinski definition) is 2. The zero-order valence-electron chi connectivity index (χ0n) is 9.23. The molecule has 0 atom stereocenters. The van der Waals surface area contributed by atoms with Crippen LogP contribution in [0.2, 0.25) is 0 Å². The molecule has 0 spiro atoms. The quantitative estimate of drug-likeness (QED) is 0.818. The van der Waals surface area contributed by atoms with Gasteiger partial charge in [-0.05, 0) is 44.0 Å². The van der Waals surface area contributed by atoms with Crippen molar-refractivity contribution < 1.29 is 8.42 Å². The fraction of sp³-hybridized carbons (Fsp3) is 0.455. The molecule has 1 saturated carbocycles. The predicted octanol–water partition coefficient (Wildman–Crippen LogP) is 1.42. The SMILES string of the molecule is CNS(=O)(=O)c1cccc(NCC2CC2)c1. The van der Waals surface area contributed by atoms with Gasteiger partial charge in [0.2, 0.25) is 10.0 Å². The summed E-state index contributed by atoms with van der Waals surface area (Å²) in [7, 11) is -1.92. The van der Waals surface area contributed by atoms with E-state index in [2.05, 4.69) is 10.0 Å². The Morgan fingerprint density at radius 2 is 2.12 bits per heavy atom. The minimum Gasteiger partial charge on any atom is -0.385 e. The molecule has 0 heterocycles. The van der Waals surface area contributed by atoms with Crippen LogP contribution in [0, 0.1) is 5.92 Å². The van der Waals surface area contributed by atoms with Crippen molar-refractivity contribution in [3.63, 3.8) is 0 Å². The molecule has 1 fully saturated rings. The number of nitrogens with one attached hydrogen (secondary N) is 2. The number of benzene rings is 1. The van der Waals surface area contributed by atoms with Crippen LogP contribution in [0.1, 0.15) is 12.8 Å². The molecule has 0 amide bonds. The first-order valence-corrected chi connectivity index (χ1v) is 6.87. The van der Waals surface area contributed by atoms with Crippen molar-refractivity contribution >= 4 is 15.7 Å². The van der Waals surface area contributed by atoms with E-state index in [1.165, 1.54) is 19.9 Å². The smallest absolute Gasteiger partial charge is 0.240 e. The van der Waals surface area contributed by atoms with Crippen LogP contribution in [0.25, 0.3) is 0 Å². The van der Waals surface area contributed by atoms with Crippen molar-refractivity contribution in [2.45, 2.75) is 17.7 Å². The molecular weight excluding hydrogens is 224 g/mol. The van der Waals surface area contributed by atoms with E-state index in [-0.39, 0.29) is 0 Å². The first-order valence-electron chi connectivity index (χ1n) is 5.39. The molecule has 2 rings (SSSR count). The highest BCUT2D eigenvalue weighted by Gasteiger charge is 2.20. The lowest BCUT2D eigenvalue weighted by Gasteiger charge is -2.07. The number of rotatable bonds is 5. The fourth-order valence-electron chi connectivity index (χ4n) is 1.48. The van der Waals surface area contributed by atoms with Crippen LogP contribution in [0.5, 0.6) is 0 Å². The second-order valence-electron chi connectivity index (χ2n) is 4.06. The summed E-state index contributed by atoms with van der Waals surface area (Å²) in [6.07, 6.45) is 2.56. The minimum absolute atomic E-state index is 0.302. The molecule has 16 heavy (non-hydrogen) atoms. The van der Waals surface area contributed by atoms with Gasteiger partial charge >= 0.3 is 0 Å². The van der Waals surface area contributed by atoms with Crippen molar-refractivity contribution in [2.24, 2.45) is 5.92 Å². The lowest BCUT2D eigenvalue weighted by Crippen LogP contribution is -2.18. The molecule has 1 aromatic rings. The Balaban J connectivity index is 2.12. The molecule has 5 heteroatoms. The average Bonchev–Trinajstić information content (AvgIpc) is 3.11. The van der Waals surface area contributed by atoms with Crippen LogP contribution in [0.4, 0.5) is 5.69 Å². The summed E-state index contributed by atoms with van der Waals surface area (Å²) in [5.41, 5.74) is 0.864. The van der Waals surface area contributed by atoms with Gasteiger partial charge in [-0.25, -0.2) is 13.1 Å². The van der Waals surface area contributed by atoms with E-state index in [1.807, 2.05) is 6.07 Å². The molecular formula is C11H16N2O2S. The van der Waals surface area contributed by atoms with Gasteiger partial charge in [0.05, 0.1) is 4.90 Å². The highest BCUT2D eigenvalue weighted by Crippen LogP contribution is 2.29. The summed E-state index contributed by atoms with van der Waals surface area (Å²) in [6, 6.07) is 6.89. The zero-order chi connectivity index (χ0) is 11.6. The van der Waals surface area contributed by atoms with Gasteiger partial charge in [-0.1, -0.05) is 6.07 Å². The van der Waals surface area contributed by atoms with Crippen LogP contribution in [0.15, 0.2) is 29.2 Å². The molecule has 1 aliphatic carbocycles. The molecule has 88 valence electrons. The summed E-state index contributed by atoms with van der Waals surface area (Å²) >= 11 is 0. The van der Waals surface area contributed by atoms with E-state index in [9.17, 15) is 8.42 Å². The second-order valence-corrected chi connectivity index (χ2v) is 5.95. The molecule has 0 radical (unpaired) electrons. The molecule has 4 nitrogen and oxygen atoms in total. The molecule has 0 saturated heterocycles. The Morgan fingerprint density at radius 1 is 1.38 bits per heavy atom. The highest BCUT2D eigenvalue weighted by atomic mass is 32.2. The molecule has 0 unspecified atom stereocenters. The van der Waals surface area contributed by atoms with E-state index >= 15 is 0 Å². The number of anilines is 1. The Bertz CT molecular complexity index is 467. The van der Waals surface area contributed by atoms with Gasteiger partial charge in [0.1, 0.15) is 0 Å². The summed E-state index contributed by atoms with van der Waals surface area (Å²) in [5, 5.41) is 3.25. The largest absolute Gasteiger partial charge is 0.385 e. The zero-order valence-corrected chi connectivity index (χ0v) is 10.0. The van der Waals surface area contributed by atoms with Crippen molar-refractivity contribution in [3.05, 3.63) is 24.3 Å². The van der Waals surface area contributed by atoms with Gasteiger partial charge in [0.15, 0.2) is 0 Å². The van der Waals surface area contributed by atoms with E-state index < -0.39 is 10.0 Å². The van der Waals surface area contributed by atoms with Crippen LogP contribution < -0.4 is 10.0 Å². The number of sulfonamides is 1. The van der Waals surface area contributed by atoms with Crippen molar-refractivity contribution in [1.29, 1.82) is 0 Å². The first-order chi connectivity index (χ1) is 7.62. The van der Waals surface area contributed by atoms with Crippen LogP contribution in [-0.2, 0) is 10.0 Å². The van der Waals surface area contributed by atoms with Crippen LogP contribution in [-0.4, -0.2) is 22.0 Å². The summed E-state index contributed by atoms with van der Waals surface area (Å²) in [4.78, 5) is 0.302. The van der Waals surface area contributed by atoms with Gasteiger partial charge in [0, 0.05) is 12.2 Å². The highest BCUT2D eigenvalue weighted by molar-refractivity contribution is 7.89. The van der Waals surface area contributed by atoms with E-state index in [4.69, 9.17) is 0 Å². The Morgan fingerprint density at radius 3 is 2.75 bits per heavy atom. The second kappa shape index (κ2) is 4.43. The molecule has 2 N–H and O–H groups in total. The maximum absolute atomic E-state index is 11.6. The summed E-state index contributed by atoms with van der Waals surface area (Å²) < 4.78 is 25.4. The van der Waals surface area contributed by atoms with Gasteiger partial charge < -0.3 is 5.32 Å². The lowest BCUT2D eigenvalue weighted by molar-refractivity contribution is 0.588. The topological polar surface area (TPSA) is 58.2 Å². The molecule has 0 aromatic heterocycles. The Kier molecular flexibility index (Phi) is 3.16.